The van der Waals surface area contributed by atoms with Crippen LogP contribution in [0.1, 0.15) is 39.0 Å². The predicted octanol–water partition coefficient (Wildman–Crippen LogP) is 1.50. The van der Waals surface area contributed by atoms with Gasteiger partial charge in [-0.25, -0.2) is 0 Å². The van der Waals surface area contributed by atoms with Crippen LogP contribution in [-0.4, -0.2) is 35.0 Å². The molecule has 15 heavy (non-hydrogen) atoms. The summed E-state index contributed by atoms with van der Waals surface area (Å²) in [7, 11) is 0. The Labute approximate surface area is 90.3 Å². The van der Waals surface area contributed by atoms with Gasteiger partial charge < -0.3 is 10.0 Å². The van der Waals surface area contributed by atoms with Crippen molar-refractivity contribution in [3.05, 3.63) is 0 Å². The van der Waals surface area contributed by atoms with Crippen molar-refractivity contribution in [2.24, 2.45) is 5.92 Å². The fraction of sp³-hybridized carbons (Fsp3) is 0.818. The highest BCUT2D eigenvalue weighted by Gasteiger charge is 2.27. The summed E-state index contributed by atoms with van der Waals surface area (Å²) in [6.45, 7) is 3.17. The van der Waals surface area contributed by atoms with E-state index in [9.17, 15) is 9.59 Å². The lowest BCUT2D eigenvalue weighted by atomic mass is 9.98. The number of amides is 1. The van der Waals surface area contributed by atoms with E-state index in [-0.39, 0.29) is 11.8 Å². The summed E-state index contributed by atoms with van der Waals surface area (Å²) in [6.07, 6.45) is 3.97. The maximum absolute atomic E-state index is 11.7. The molecule has 0 saturated carbocycles. The molecule has 1 rings (SSSR count). The van der Waals surface area contributed by atoms with Gasteiger partial charge in [-0.1, -0.05) is 13.3 Å². The second kappa shape index (κ2) is 5.73. The Balaban J connectivity index is 2.41. The first-order valence-corrected chi connectivity index (χ1v) is 5.65. The Hall–Kier alpha value is -1.06. The normalized spacial score (nSPS) is 21.4. The lowest BCUT2D eigenvalue weighted by molar-refractivity contribution is -0.145. The van der Waals surface area contributed by atoms with Crippen LogP contribution in [0.25, 0.3) is 0 Å². The average molecular weight is 213 g/mol. The zero-order chi connectivity index (χ0) is 11.3. The zero-order valence-corrected chi connectivity index (χ0v) is 9.24. The molecule has 1 saturated heterocycles. The van der Waals surface area contributed by atoms with Gasteiger partial charge in [-0.2, -0.15) is 0 Å². The molecule has 1 atom stereocenters. The van der Waals surface area contributed by atoms with Crippen LogP contribution >= 0.6 is 0 Å². The van der Waals surface area contributed by atoms with E-state index in [1.165, 1.54) is 0 Å². The van der Waals surface area contributed by atoms with Crippen LogP contribution in [0, 0.1) is 5.92 Å². The van der Waals surface area contributed by atoms with E-state index in [4.69, 9.17) is 5.11 Å². The fourth-order valence-electron chi connectivity index (χ4n) is 1.89. The third kappa shape index (κ3) is 3.53. The number of likely N-dealkylation sites (tertiary alicyclic amines) is 1. The quantitative estimate of drug-likeness (QED) is 0.770. The van der Waals surface area contributed by atoms with Crippen LogP contribution in [0.2, 0.25) is 0 Å². The number of nitrogens with zero attached hydrogens (tertiary/aromatic N) is 1. The minimum Gasteiger partial charge on any atom is -0.481 e. The predicted molar refractivity (Wildman–Crippen MR) is 56.5 cm³/mol. The molecule has 0 aromatic rings. The number of carbonyl (C=O) groups is 2. The molecule has 1 heterocycles. The highest BCUT2D eigenvalue weighted by Crippen LogP contribution is 2.17. The fourth-order valence-corrected chi connectivity index (χ4v) is 1.89. The van der Waals surface area contributed by atoms with Crippen LogP contribution in [0.5, 0.6) is 0 Å². The largest absolute Gasteiger partial charge is 0.481 e. The summed E-state index contributed by atoms with van der Waals surface area (Å²) in [6, 6.07) is 0. The Kier molecular flexibility index (Phi) is 4.59. The number of unbranched alkanes of at least 4 members (excludes halogenated alkanes) is 1. The van der Waals surface area contributed by atoms with Crippen molar-refractivity contribution in [3.8, 4) is 0 Å². The molecule has 4 nitrogen and oxygen atoms in total. The number of rotatable bonds is 4. The molecule has 1 amide bonds. The average Bonchev–Trinajstić information content (AvgIpc) is 2.26. The van der Waals surface area contributed by atoms with Crippen molar-refractivity contribution in [1.29, 1.82) is 0 Å². The van der Waals surface area contributed by atoms with E-state index in [1.54, 1.807) is 4.90 Å². The molecule has 0 aromatic carbocycles. The number of carboxylic acids is 1. The second-order valence-corrected chi connectivity index (χ2v) is 4.12. The molecule has 0 spiro atoms. The van der Waals surface area contributed by atoms with Gasteiger partial charge in [0.05, 0.1) is 5.92 Å². The summed E-state index contributed by atoms with van der Waals surface area (Å²) in [5.74, 6) is -1.02. The van der Waals surface area contributed by atoms with Crippen molar-refractivity contribution in [1.82, 2.24) is 4.90 Å². The van der Waals surface area contributed by atoms with Crippen molar-refractivity contribution >= 4 is 11.9 Å². The molecule has 1 aliphatic heterocycles. The molecule has 0 unspecified atom stereocenters. The molecular formula is C11H19NO3. The number of aliphatic carboxylic acids is 1. The first kappa shape index (κ1) is 12.0. The molecule has 0 aliphatic carbocycles. The standard InChI is InChI=1S/C11H19NO3/c1-2-3-6-10(13)12-7-4-5-9(8-12)11(14)15/h9H,2-8H2,1H3,(H,14,15)/t9-/m0/s1. The monoisotopic (exact) mass is 213 g/mol. The molecule has 1 aliphatic rings. The number of carbonyl (C=O) groups excluding carboxylic acids is 1. The molecule has 0 bridgehead atoms. The summed E-state index contributed by atoms with van der Waals surface area (Å²) < 4.78 is 0. The Morgan fingerprint density at radius 3 is 2.80 bits per heavy atom. The number of hydrogen-bond donors (Lipinski definition) is 1. The molecule has 4 heteroatoms. The van der Waals surface area contributed by atoms with Crippen LogP contribution < -0.4 is 0 Å². The van der Waals surface area contributed by atoms with E-state index in [2.05, 4.69) is 0 Å². The smallest absolute Gasteiger partial charge is 0.308 e. The van der Waals surface area contributed by atoms with Crippen molar-refractivity contribution in [2.75, 3.05) is 13.1 Å². The SMILES string of the molecule is CCCCC(=O)N1CCC[C@H](C(=O)O)C1. The van der Waals surface area contributed by atoms with Crippen molar-refractivity contribution in [3.63, 3.8) is 0 Å². The van der Waals surface area contributed by atoms with E-state index >= 15 is 0 Å². The van der Waals surface area contributed by atoms with Crippen LogP contribution in [0.4, 0.5) is 0 Å². The Bertz CT molecular complexity index is 240. The number of hydrogen-bond acceptors (Lipinski definition) is 2. The first-order chi connectivity index (χ1) is 7.15. The van der Waals surface area contributed by atoms with Gasteiger partial charge in [0, 0.05) is 19.5 Å². The highest BCUT2D eigenvalue weighted by molar-refractivity contribution is 5.77. The molecule has 86 valence electrons. The van der Waals surface area contributed by atoms with Gasteiger partial charge in [-0.3, -0.25) is 9.59 Å². The summed E-state index contributed by atoms with van der Waals surface area (Å²) in [5, 5.41) is 8.88. The molecular weight excluding hydrogens is 194 g/mol. The van der Waals surface area contributed by atoms with E-state index in [0.717, 1.165) is 25.8 Å². The molecule has 0 aromatic heterocycles. The zero-order valence-electron chi connectivity index (χ0n) is 9.24. The van der Waals surface area contributed by atoms with Gasteiger partial charge >= 0.3 is 5.97 Å². The Morgan fingerprint density at radius 2 is 2.20 bits per heavy atom. The Morgan fingerprint density at radius 1 is 1.47 bits per heavy atom. The topological polar surface area (TPSA) is 57.6 Å². The van der Waals surface area contributed by atoms with E-state index in [0.29, 0.717) is 19.4 Å². The summed E-state index contributed by atoms with van der Waals surface area (Å²) in [5.41, 5.74) is 0. The van der Waals surface area contributed by atoms with Crippen LogP contribution in [0.15, 0.2) is 0 Å². The lowest BCUT2D eigenvalue weighted by Crippen LogP contribution is -2.42. The maximum Gasteiger partial charge on any atom is 0.308 e. The third-order valence-electron chi connectivity index (χ3n) is 2.87. The van der Waals surface area contributed by atoms with Gasteiger partial charge in [-0.15, -0.1) is 0 Å². The van der Waals surface area contributed by atoms with Gasteiger partial charge in [-0.05, 0) is 19.3 Å². The van der Waals surface area contributed by atoms with Gasteiger partial charge in [0.25, 0.3) is 0 Å². The van der Waals surface area contributed by atoms with E-state index in [1.807, 2.05) is 6.92 Å². The van der Waals surface area contributed by atoms with E-state index < -0.39 is 5.97 Å². The number of piperidine rings is 1. The first-order valence-electron chi connectivity index (χ1n) is 5.65. The number of carboxylic acid groups (broad SMARTS) is 1. The second-order valence-electron chi connectivity index (χ2n) is 4.12. The molecule has 0 radical (unpaired) electrons. The summed E-state index contributed by atoms with van der Waals surface area (Å²) >= 11 is 0. The minimum atomic E-state index is -0.775. The lowest BCUT2D eigenvalue weighted by Gasteiger charge is -2.30. The highest BCUT2D eigenvalue weighted by atomic mass is 16.4. The molecule has 1 N–H and O–H groups in total. The van der Waals surface area contributed by atoms with Gasteiger partial charge in [0.15, 0.2) is 0 Å². The van der Waals surface area contributed by atoms with Crippen LogP contribution in [-0.2, 0) is 9.59 Å². The van der Waals surface area contributed by atoms with Gasteiger partial charge in [0.1, 0.15) is 0 Å². The van der Waals surface area contributed by atoms with Crippen molar-refractivity contribution in [2.45, 2.75) is 39.0 Å². The van der Waals surface area contributed by atoms with Crippen LogP contribution in [0.3, 0.4) is 0 Å². The third-order valence-corrected chi connectivity index (χ3v) is 2.87. The summed E-state index contributed by atoms with van der Waals surface area (Å²) in [4.78, 5) is 24.2. The van der Waals surface area contributed by atoms with Crippen molar-refractivity contribution < 1.29 is 14.7 Å². The molecule has 1 fully saturated rings. The maximum atomic E-state index is 11.7. The van der Waals surface area contributed by atoms with Gasteiger partial charge in [0.2, 0.25) is 5.91 Å². The minimum absolute atomic E-state index is 0.114.